The van der Waals surface area contributed by atoms with E-state index in [2.05, 4.69) is 30.6 Å². The Bertz CT molecular complexity index is 1400. The van der Waals surface area contributed by atoms with Gasteiger partial charge in [-0.25, -0.2) is 9.97 Å². The summed E-state index contributed by atoms with van der Waals surface area (Å²) in [4.78, 5) is 55.2. The van der Waals surface area contributed by atoms with Gasteiger partial charge in [-0.3, -0.25) is 9.59 Å². The number of anilines is 3. The quantitative estimate of drug-likeness (QED) is 0.0597. The normalized spacial score (nSPS) is 11.3. The Balaban J connectivity index is 0.00000392. The maximum absolute atomic E-state index is 12.8. The minimum absolute atomic E-state index is 0.0293. The van der Waals surface area contributed by atoms with E-state index in [0.717, 1.165) is 19.2 Å². The van der Waals surface area contributed by atoms with Crippen LogP contribution < -0.4 is 32.7 Å². The molecule has 264 valence electrons. The number of aromatic nitrogens is 4. The number of nitrogens with two attached hydrogens (primary N) is 3. The van der Waals surface area contributed by atoms with Crippen molar-refractivity contribution in [2.24, 2.45) is 5.73 Å². The number of hydrogen-bond donors (Lipinski definition) is 6. The first kappa shape index (κ1) is 39.6. The Morgan fingerprint density at radius 1 is 0.958 bits per heavy atom. The van der Waals surface area contributed by atoms with E-state index in [0.29, 0.717) is 94.4 Å². The van der Waals surface area contributed by atoms with E-state index >= 15 is 0 Å². The molecule has 0 aliphatic rings. The molecule has 3 aromatic rings. The third-order valence-corrected chi connectivity index (χ3v) is 6.66. The predicted molar refractivity (Wildman–Crippen MR) is 181 cm³/mol. The molecule has 0 fully saturated rings. The van der Waals surface area contributed by atoms with Gasteiger partial charge in [-0.15, -0.1) is 0 Å². The van der Waals surface area contributed by atoms with Gasteiger partial charge in [0.15, 0.2) is 17.0 Å². The minimum Gasteiger partial charge on any atom is -0.400 e. The van der Waals surface area contributed by atoms with Crippen LogP contribution in [-0.2, 0) is 30.3 Å². The molecule has 1 unspecified atom stereocenters. The fraction of sp³-hybridized carbons (Fsp3) is 0.516. The highest BCUT2D eigenvalue weighted by Gasteiger charge is 2.16. The van der Waals surface area contributed by atoms with E-state index in [1.807, 2.05) is 11.9 Å². The molecule has 0 saturated heterocycles. The van der Waals surface area contributed by atoms with Gasteiger partial charge in [0.1, 0.15) is 6.29 Å². The van der Waals surface area contributed by atoms with E-state index in [4.69, 9.17) is 36.5 Å². The maximum Gasteiger partial charge on any atom is 0.251 e. The van der Waals surface area contributed by atoms with Crippen molar-refractivity contribution in [3.05, 3.63) is 41.7 Å². The fourth-order valence-corrected chi connectivity index (χ4v) is 4.19. The van der Waals surface area contributed by atoms with Crippen molar-refractivity contribution >= 4 is 46.7 Å². The van der Waals surface area contributed by atoms with Crippen LogP contribution in [0.1, 0.15) is 41.7 Å². The Morgan fingerprint density at radius 2 is 1.60 bits per heavy atom. The Hall–Kier alpha value is -4.55. The number of aldehydes is 1. The summed E-state index contributed by atoms with van der Waals surface area (Å²) >= 11 is 0. The first-order valence-electron chi connectivity index (χ1n) is 15.6. The van der Waals surface area contributed by atoms with E-state index < -0.39 is 11.9 Å². The second-order valence-electron chi connectivity index (χ2n) is 10.3. The van der Waals surface area contributed by atoms with Gasteiger partial charge < -0.3 is 56.8 Å². The molecule has 0 saturated carbocycles. The zero-order chi connectivity index (χ0) is 35.1. The Labute approximate surface area is 279 Å². The molecule has 0 radical (unpaired) electrons. The molecule has 2 heterocycles. The fourth-order valence-electron chi connectivity index (χ4n) is 4.19. The van der Waals surface area contributed by atoms with Gasteiger partial charge >= 0.3 is 0 Å². The molecule has 0 aliphatic heterocycles. The standard InChI is InChI=1S/C30H44N10O6.CH4O/c1-40(19-23-18-35-28-26(36-23)27(32)38-30(33)39-28)24-7-4-21(5-8-24)29(43)37-22(20-41)6-9-25(42)34-11-3-13-45-15-17-46-16-14-44-12-2-10-31;1-2/h4-5,7-8,18,20,22H,2-3,6,9-17,19,31H2,1H3,(H,34,42)(H,37,43)(H4,32,33,35,38,39);2H,1H3. The van der Waals surface area contributed by atoms with E-state index in [-0.39, 0.29) is 30.5 Å². The third-order valence-electron chi connectivity index (χ3n) is 6.66. The number of carbonyl (C=O) groups excluding carboxylic acids is 3. The van der Waals surface area contributed by atoms with Crippen LogP contribution in [0.4, 0.5) is 17.5 Å². The SMILES string of the molecule is CN(Cc1cnc2nc(N)nc(N)c2n1)c1ccc(C(=O)NC(C=O)CCC(=O)NCCCOCCOCCOCCCN)cc1.CO. The number of nitrogen functional groups attached to an aromatic ring is 2. The van der Waals surface area contributed by atoms with Crippen molar-refractivity contribution in [2.45, 2.75) is 38.3 Å². The molecule has 0 spiro atoms. The van der Waals surface area contributed by atoms with Gasteiger partial charge in [0.2, 0.25) is 11.9 Å². The monoisotopic (exact) mass is 672 g/mol. The molecule has 0 bridgehead atoms. The first-order chi connectivity index (χ1) is 23.3. The number of benzene rings is 1. The topological polar surface area (TPSA) is 256 Å². The number of nitrogens with one attached hydrogen (secondary N) is 2. The van der Waals surface area contributed by atoms with Gasteiger partial charge in [0.25, 0.3) is 5.91 Å². The highest BCUT2D eigenvalue weighted by atomic mass is 16.5. The van der Waals surface area contributed by atoms with Gasteiger partial charge in [0, 0.05) is 51.6 Å². The molecule has 0 aliphatic carbocycles. The highest BCUT2D eigenvalue weighted by molar-refractivity contribution is 5.96. The summed E-state index contributed by atoms with van der Waals surface area (Å²) in [6.07, 6.45) is 3.97. The number of hydrogen-bond acceptors (Lipinski definition) is 15. The van der Waals surface area contributed by atoms with Gasteiger partial charge in [0.05, 0.1) is 50.9 Å². The zero-order valence-electron chi connectivity index (χ0n) is 27.6. The van der Waals surface area contributed by atoms with Crippen LogP contribution in [0.2, 0.25) is 0 Å². The number of carbonyl (C=O) groups is 3. The predicted octanol–water partition coefficient (Wildman–Crippen LogP) is -0.188. The molecule has 1 aromatic carbocycles. The van der Waals surface area contributed by atoms with E-state index in [1.54, 1.807) is 30.5 Å². The molecule has 17 heteroatoms. The molecule has 48 heavy (non-hydrogen) atoms. The number of rotatable bonds is 22. The largest absolute Gasteiger partial charge is 0.400 e. The van der Waals surface area contributed by atoms with Crippen LogP contribution >= 0.6 is 0 Å². The van der Waals surface area contributed by atoms with Crippen molar-refractivity contribution < 1.29 is 33.7 Å². The highest BCUT2D eigenvalue weighted by Crippen LogP contribution is 2.19. The molecular formula is C31H48N10O7. The number of fused-ring (bicyclic) bond motifs is 1. The number of aliphatic hydroxyl groups is 1. The summed E-state index contributed by atoms with van der Waals surface area (Å²) in [5.41, 5.74) is 19.4. The van der Waals surface area contributed by atoms with Gasteiger partial charge in [-0.1, -0.05) is 0 Å². The lowest BCUT2D eigenvalue weighted by Gasteiger charge is -2.19. The minimum atomic E-state index is -0.798. The van der Waals surface area contributed by atoms with Crippen LogP contribution in [0.25, 0.3) is 11.2 Å². The lowest BCUT2D eigenvalue weighted by molar-refractivity contribution is -0.121. The lowest BCUT2D eigenvalue weighted by atomic mass is 10.1. The molecular weight excluding hydrogens is 624 g/mol. The van der Waals surface area contributed by atoms with Crippen molar-refractivity contribution in [3.8, 4) is 0 Å². The molecule has 2 aromatic heterocycles. The number of amides is 2. The summed E-state index contributed by atoms with van der Waals surface area (Å²) in [5, 5.41) is 12.5. The molecule has 2 amide bonds. The molecule has 9 N–H and O–H groups in total. The van der Waals surface area contributed by atoms with Crippen LogP contribution in [0.3, 0.4) is 0 Å². The summed E-state index contributed by atoms with van der Waals surface area (Å²) < 4.78 is 16.2. The van der Waals surface area contributed by atoms with Crippen molar-refractivity contribution in [1.82, 2.24) is 30.6 Å². The van der Waals surface area contributed by atoms with Crippen LogP contribution in [-0.4, -0.2) is 116 Å². The smallest absolute Gasteiger partial charge is 0.251 e. The summed E-state index contributed by atoms with van der Waals surface area (Å²) in [6, 6.07) is 6.08. The number of nitrogens with zero attached hydrogens (tertiary/aromatic N) is 5. The van der Waals surface area contributed by atoms with Crippen molar-refractivity contribution in [3.63, 3.8) is 0 Å². The summed E-state index contributed by atoms with van der Waals surface area (Å²) in [7, 11) is 2.87. The Kier molecular flexibility index (Phi) is 18.9. The lowest BCUT2D eigenvalue weighted by Crippen LogP contribution is -2.37. The Morgan fingerprint density at radius 3 is 2.25 bits per heavy atom. The zero-order valence-corrected chi connectivity index (χ0v) is 27.6. The molecule has 17 nitrogen and oxygen atoms in total. The van der Waals surface area contributed by atoms with Gasteiger partial charge in [-0.05, 0) is 50.1 Å². The third kappa shape index (κ3) is 14.5. The van der Waals surface area contributed by atoms with Crippen molar-refractivity contribution in [1.29, 1.82) is 0 Å². The maximum atomic E-state index is 12.8. The first-order valence-corrected chi connectivity index (χ1v) is 15.6. The molecule has 3 rings (SSSR count). The average molecular weight is 673 g/mol. The second kappa shape index (κ2) is 22.9. The van der Waals surface area contributed by atoms with Crippen LogP contribution in [0.15, 0.2) is 30.5 Å². The number of aliphatic hydroxyl groups excluding tert-OH is 1. The van der Waals surface area contributed by atoms with Crippen LogP contribution in [0.5, 0.6) is 0 Å². The van der Waals surface area contributed by atoms with Gasteiger partial charge in [-0.2, -0.15) is 9.97 Å². The van der Waals surface area contributed by atoms with E-state index in [9.17, 15) is 14.4 Å². The summed E-state index contributed by atoms with van der Waals surface area (Å²) in [5.74, 6) is -0.439. The summed E-state index contributed by atoms with van der Waals surface area (Å²) in [6.45, 7) is 4.54. The molecule has 1 atom stereocenters. The number of ether oxygens (including phenoxy) is 3. The van der Waals surface area contributed by atoms with E-state index in [1.165, 1.54) is 0 Å². The van der Waals surface area contributed by atoms with Crippen LogP contribution in [0, 0.1) is 0 Å². The average Bonchev–Trinajstić information content (AvgIpc) is 3.09. The second-order valence-corrected chi connectivity index (χ2v) is 10.3. The van der Waals surface area contributed by atoms with Crippen molar-refractivity contribution in [2.75, 3.05) is 83.3 Å².